The number of carbonyl (C=O) groups is 2. The van der Waals surface area contributed by atoms with Crippen molar-refractivity contribution in [3.8, 4) is 0 Å². The molecule has 4 heteroatoms. The number of aliphatic hydroxyl groups excluding tert-OH is 1. The smallest absolute Gasteiger partial charge is 0.314 e. The molecule has 0 heterocycles. The van der Waals surface area contributed by atoms with Crippen molar-refractivity contribution in [3.05, 3.63) is 11.1 Å². The van der Waals surface area contributed by atoms with Crippen molar-refractivity contribution < 1.29 is 19.8 Å². The number of aliphatic carboxylic acids is 1. The maximum absolute atomic E-state index is 12.9. The van der Waals surface area contributed by atoms with Crippen molar-refractivity contribution in [2.24, 2.45) is 21.7 Å². The third-order valence-corrected chi connectivity index (χ3v) is 6.20. The lowest BCUT2D eigenvalue weighted by atomic mass is 9.45. The average Bonchev–Trinajstić information content (AvgIpc) is 2.31. The number of aliphatic hydroxyl groups is 1. The maximum Gasteiger partial charge on any atom is 0.314 e. The second kappa shape index (κ2) is 4.47. The van der Waals surface area contributed by atoms with Crippen LogP contribution >= 0.6 is 0 Å². The Bertz CT molecular complexity index is 627. The molecule has 4 nitrogen and oxygen atoms in total. The van der Waals surface area contributed by atoms with Gasteiger partial charge in [0, 0.05) is 11.0 Å². The van der Waals surface area contributed by atoms with Gasteiger partial charge in [-0.15, -0.1) is 0 Å². The highest BCUT2D eigenvalue weighted by Crippen LogP contribution is 2.65. The average molecular weight is 320 g/mol. The fourth-order valence-corrected chi connectivity index (χ4v) is 6.09. The van der Waals surface area contributed by atoms with Gasteiger partial charge in [0.15, 0.2) is 5.78 Å². The lowest BCUT2D eigenvalue weighted by Crippen LogP contribution is -2.56. The Balaban J connectivity index is 2.24. The molecule has 0 aromatic heterocycles. The Morgan fingerprint density at radius 3 is 2.22 bits per heavy atom. The highest BCUT2D eigenvalue weighted by atomic mass is 16.4. The van der Waals surface area contributed by atoms with E-state index in [2.05, 4.69) is 20.8 Å². The molecular weight excluding hydrogens is 292 g/mol. The molecule has 2 N–H and O–H groups in total. The van der Waals surface area contributed by atoms with Crippen LogP contribution in [-0.2, 0) is 9.59 Å². The van der Waals surface area contributed by atoms with Crippen LogP contribution in [0.1, 0.15) is 66.7 Å². The van der Waals surface area contributed by atoms with E-state index < -0.39 is 22.9 Å². The summed E-state index contributed by atoms with van der Waals surface area (Å²) in [7, 11) is 0. The van der Waals surface area contributed by atoms with Crippen LogP contribution in [-0.4, -0.2) is 28.1 Å². The van der Waals surface area contributed by atoms with Gasteiger partial charge >= 0.3 is 5.97 Å². The number of carbonyl (C=O) groups excluding carboxylic acids is 1. The molecule has 3 rings (SSSR count). The maximum atomic E-state index is 12.9. The van der Waals surface area contributed by atoms with E-state index in [0.29, 0.717) is 24.8 Å². The van der Waals surface area contributed by atoms with E-state index in [9.17, 15) is 19.8 Å². The Morgan fingerprint density at radius 1 is 1.04 bits per heavy atom. The number of hydrogen-bond acceptors (Lipinski definition) is 3. The first-order valence-corrected chi connectivity index (χ1v) is 8.50. The van der Waals surface area contributed by atoms with E-state index in [4.69, 9.17) is 0 Å². The van der Waals surface area contributed by atoms with E-state index in [-0.39, 0.29) is 16.6 Å². The van der Waals surface area contributed by atoms with Crippen molar-refractivity contribution in [3.63, 3.8) is 0 Å². The number of carboxylic acid groups (broad SMARTS) is 1. The van der Waals surface area contributed by atoms with Crippen molar-refractivity contribution in [2.75, 3.05) is 0 Å². The minimum absolute atomic E-state index is 0.0857. The quantitative estimate of drug-likeness (QED) is 0.777. The lowest BCUT2D eigenvalue weighted by molar-refractivity contribution is -0.160. The van der Waals surface area contributed by atoms with Crippen LogP contribution in [0.3, 0.4) is 0 Å². The summed E-state index contributed by atoms with van der Waals surface area (Å²) < 4.78 is 0. The number of Topliss-reactive ketones (excluding diaryl/α,β-unsaturated/α-hetero) is 1. The Kier molecular flexibility index (Phi) is 3.24. The van der Waals surface area contributed by atoms with Gasteiger partial charge in [-0.25, -0.2) is 0 Å². The summed E-state index contributed by atoms with van der Waals surface area (Å²) in [6.07, 6.45) is 2.25. The zero-order chi connectivity index (χ0) is 17.4. The summed E-state index contributed by atoms with van der Waals surface area (Å²) in [5.74, 6) is -1.25. The number of carboxylic acids is 1. The minimum Gasteiger partial charge on any atom is -0.481 e. The fourth-order valence-electron chi connectivity index (χ4n) is 6.09. The van der Waals surface area contributed by atoms with E-state index in [1.165, 1.54) is 0 Å². The van der Waals surface area contributed by atoms with Crippen LogP contribution in [0, 0.1) is 21.7 Å². The minimum atomic E-state index is -1.13. The molecule has 0 unspecified atom stereocenters. The summed E-state index contributed by atoms with van der Waals surface area (Å²) in [5, 5.41) is 20.5. The van der Waals surface area contributed by atoms with Crippen LogP contribution in [0.25, 0.3) is 0 Å². The van der Waals surface area contributed by atoms with E-state index in [0.717, 1.165) is 18.4 Å². The second-order valence-corrected chi connectivity index (χ2v) is 9.98. The van der Waals surface area contributed by atoms with Crippen LogP contribution in [0.15, 0.2) is 11.1 Å². The van der Waals surface area contributed by atoms with Gasteiger partial charge in [-0.1, -0.05) is 40.2 Å². The molecule has 2 bridgehead atoms. The molecule has 3 aliphatic carbocycles. The summed E-state index contributed by atoms with van der Waals surface area (Å²) >= 11 is 0. The molecule has 128 valence electrons. The fraction of sp³-hybridized carbons (Fsp3) is 0.789. The van der Waals surface area contributed by atoms with Crippen molar-refractivity contribution in [2.45, 2.75) is 72.8 Å². The Hall–Kier alpha value is -1.16. The van der Waals surface area contributed by atoms with Crippen molar-refractivity contribution in [1.29, 1.82) is 0 Å². The molecule has 3 atom stereocenters. The van der Waals surface area contributed by atoms with Gasteiger partial charge in [0.2, 0.25) is 0 Å². The molecule has 0 amide bonds. The number of hydrogen-bond donors (Lipinski definition) is 2. The van der Waals surface area contributed by atoms with Crippen LogP contribution in [0.5, 0.6) is 0 Å². The molecule has 0 saturated heterocycles. The SMILES string of the molecule is CC1(C)C[C@@]2(C)CC3=C(C(=O)[C@H](O)C(C)(C)C3)[C@@](C(=O)O)(C1)C2. The molecular formula is C19H28O4. The lowest BCUT2D eigenvalue weighted by Gasteiger charge is -2.57. The summed E-state index contributed by atoms with van der Waals surface area (Å²) in [4.78, 5) is 25.2. The first-order chi connectivity index (χ1) is 10.3. The standard InChI is InChI=1S/C19H28O4/c1-16(2)8-18(5)7-11-6-17(3,4)14(21)13(20)12(11)19(9-16,10-18)15(22)23/h14,21H,6-10H2,1-5H3,(H,22,23)/t14-,18+,19+/m0/s1. The molecule has 0 aromatic carbocycles. The first kappa shape index (κ1) is 16.7. The van der Waals surface area contributed by atoms with E-state index in [1.54, 1.807) is 0 Å². The summed E-state index contributed by atoms with van der Waals surface area (Å²) in [6, 6.07) is 0. The van der Waals surface area contributed by atoms with Crippen LogP contribution in [0.4, 0.5) is 0 Å². The van der Waals surface area contributed by atoms with Gasteiger partial charge in [0.05, 0.1) is 5.41 Å². The zero-order valence-electron chi connectivity index (χ0n) is 14.8. The zero-order valence-corrected chi connectivity index (χ0v) is 14.8. The van der Waals surface area contributed by atoms with Gasteiger partial charge in [-0.2, -0.15) is 0 Å². The molecule has 0 aromatic rings. The van der Waals surface area contributed by atoms with Gasteiger partial charge in [-0.3, -0.25) is 9.59 Å². The number of fused-ring (bicyclic) bond motifs is 3. The summed E-state index contributed by atoms with van der Waals surface area (Å²) in [6.45, 7) is 10.1. The topological polar surface area (TPSA) is 74.6 Å². The third kappa shape index (κ3) is 2.29. The number of rotatable bonds is 1. The molecule has 0 spiro atoms. The van der Waals surface area contributed by atoms with Crippen LogP contribution < -0.4 is 0 Å². The molecule has 0 aliphatic heterocycles. The van der Waals surface area contributed by atoms with E-state index >= 15 is 0 Å². The monoisotopic (exact) mass is 320 g/mol. The largest absolute Gasteiger partial charge is 0.481 e. The van der Waals surface area contributed by atoms with Crippen LogP contribution in [0.2, 0.25) is 0 Å². The molecule has 0 radical (unpaired) electrons. The van der Waals surface area contributed by atoms with Gasteiger partial charge in [0.25, 0.3) is 0 Å². The normalized spacial score (nSPS) is 41.5. The summed E-state index contributed by atoms with van der Waals surface area (Å²) in [5.41, 5.74) is -0.440. The van der Waals surface area contributed by atoms with Crippen molar-refractivity contribution in [1.82, 2.24) is 0 Å². The second-order valence-electron chi connectivity index (χ2n) is 9.98. The number of allylic oxidation sites excluding steroid dienone is 1. The third-order valence-electron chi connectivity index (χ3n) is 6.20. The molecule has 23 heavy (non-hydrogen) atoms. The highest BCUT2D eigenvalue weighted by molar-refractivity contribution is 6.07. The Labute approximate surface area is 138 Å². The predicted molar refractivity (Wildman–Crippen MR) is 86.9 cm³/mol. The molecule has 3 aliphatic rings. The van der Waals surface area contributed by atoms with E-state index in [1.807, 2.05) is 13.8 Å². The predicted octanol–water partition coefficient (Wildman–Crippen LogP) is 3.33. The van der Waals surface area contributed by atoms with Gasteiger partial charge in [0.1, 0.15) is 6.10 Å². The van der Waals surface area contributed by atoms with Gasteiger partial charge in [-0.05, 0) is 42.9 Å². The highest BCUT2D eigenvalue weighted by Gasteiger charge is 2.62. The van der Waals surface area contributed by atoms with Gasteiger partial charge < -0.3 is 10.2 Å². The molecule has 1 saturated carbocycles. The number of ketones is 1. The first-order valence-electron chi connectivity index (χ1n) is 8.50. The van der Waals surface area contributed by atoms with Crippen molar-refractivity contribution >= 4 is 11.8 Å². The Morgan fingerprint density at radius 2 is 1.65 bits per heavy atom. The molecule has 1 fully saturated rings.